The van der Waals surface area contributed by atoms with Crippen molar-refractivity contribution in [3.8, 4) is 17.1 Å². The third kappa shape index (κ3) is 3.02. The second-order valence-electron chi connectivity index (χ2n) is 5.66. The zero-order valence-corrected chi connectivity index (χ0v) is 14.0. The summed E-state index contributed by atoms with van der Waals surface area (Å²) in [6.45, 7) is 0.303. The van der Waals surface area contributed by atoms with Crippen molar-refractivity contribution in [1.29, 1.82) is 0 Å². The molecule has 0 aliphatic carbocycles. The summed E-state index contributed by atoms with van der Waals surface area (Å²) in [7, 11) is 1.58. The van der Waals surface area contributed by atoms with Gasteiger partial charge in [-0.3, -0.25) is 4.79 Å². The van der Waals surface area contributed by atoms with Crippen LogP contribution in [-0.4, -0.2) is 27.6 Å². The first-order valence-electron chi connectivity index (χ1n) is 8.05. The molecule has 1 N–H and O–H groups in total. The third-order valence-electron chi connectivity index (χ3n) is 3.96. The smallest absolute Gasteiger partial charge is 0.273 e. The van der Waals surface area contributed by atoms with E-state index in [1.807, 2.05) is 59.3 Å². The lowest BCUT2D eigenvalue weighted by Crippen LogP contribution is -2.23. The molecule has 4 rings (SSSR count). The first-order chi connectivity index (χ1) is 12.7. The second kappa shape index (κ2) is 6.72. The number of pyridine rings is 1. The molecule has 0 aliphatic rings. The number of imidazole rings is 1. The zero-order valence-electron chi connectivity index (χ0n) is 14.0. The molecule has 26 heavy (non-hydrogen) atoms. The van der Waals surface area contributed by atoms with Crippen LogP contribution in [0.3, 0.4) is 0 Å². The topological polar surface area (TPSA) is 81.7 Å². The molecular formula is C19H16N4O3. The van der Waals surface area contributed by atoms with Crippen LogP contribution in [0.2, 0.25) is 0 Å². The van der Waals surface area contributed by atoms with Crippen LogP contribution in [-0.2, 0) is 6.54 Å². The SMILES string of the molecule is COc1ccccc1-c1cc(C(=O)NCc2cn3ccccc3n2)no1. The Bertz CT molecular complexity index is 1030. The van der Waals surface area contributed by atoms with E-state index in [9.17, 15) is 4.79 Å². The average molecular weight is 348 g/mol. The van der Waals surface area contributed by atoms with Crippen LogP contribution in [0.5, 0.6) is 5.75 Å². The maximum atomic E-state index is 12.3. The Hall–Kier alpha value is -3.61. The standard InChI is InChI=1S/C19H16N4O3/c1-25-16-7-3-2-6-14(16)17-10-15(22-26-17)19(24)20-11-13-12-23-9-5-4-8-18(23)21-13/h2-10,12H,11H2,1H3,(H,20,24). The van der Waals surface area contributed by atoms with Crippen LogP contribution < -0.4 is 10.1 Å². The summed E-state index contributed by atoms with van der Waals surface area (Å²) in [4.78, 5) is 16.8. The van der Waals surface area contributed by atoms with Gasteiger partial charge in [-0.2, -0.15) is 0 Å². The van der Waals surface area contributed by atoms with Gasteiger partial charge in [0.25, 0.3) is 5.91 Å². The highest BCUT2D eigenvalue weighted by molar-refractivity contribution is 5.93. The summed E-state index contributed by atoms with van der Waals surface area (Å²) in [5.41, 5.74) is 2.53. The van der Waals surface area contributed by atoms with E-state index in [0.717, 1.165) is 16.9 Å². The Labute approximate surface area is 149 Å². The number of carbonyl (C=O) groups is 1. The predicted octanol–water partition coefficient (Wildman–Crippen LogP) is 2.93. The number of ether oxygens (including phenoxy) is 1. The van der Waals surface area contributed by atoms with E-state index in [4.69, 9.17) is 9.26 Å². The molecule has 7 heteroatoms. The zero-order chi connectivity index (χ0) is 17.9. The van der Waals surface area contributed by atoms with Crippen LogP contribution in [0.15, 0.2) is 65.4 Å². The number of amides is 1. The minimum absolute atomic E-state index is 0.203. The first kappa shape index (κ1) is 15.9. The number of hydrogen-bond acceptors (Lipinski definition) is 5. The van der Waals surface area contributed by atoms with Crippen molar-refractivity contribution >= 4 is 11.6 Å². The number of para-hydroxylation sites is 1. The molecule has 130 valence electrons. The lowest BCUT2D eigenvalue weighted by Gasteiger charge is -2.03. The highest BCUT2D eigenvalue weighted by Gasteiger charge is 2.16. The molecule has 0 unspecified atom stereocenters. The summed E-state index contributed by atoms with van der Waals surface area (Å²) in [5, 5.41) is 6.66. The van der Waals surface area contributed by atoms with Crippen molar-refractivity contribution in [2.75, 3.05) is 7.11 Å². The quantitative estimate of drug-likeness (QED) is 0.600. The van der Waals surface area contributed by atoms with Crippen molar-refractivity contribution in [1.82, 2.24) is 19.9 Å². The van der Waals surface area contributed by atoms with Gasteiger partial charge in [-0.05, 0) is 24.3 Å². The van der Waals surface area contributed by atoms with E-state index in [1.165, 1.54) is 0 Å². The molecule has 1 aromatic carbocycles. The van der Waals surface area contributed by atoms with Crippen molar-refractivity contribution in [2.24, 2.45) is 0 Å². The Morgan fingerprint density at radius 1 is 1.23 bits per heavy atom. The van der Waals surface area contributed by atoms with E-state index in [1.54, 1.807) is 13.2 Å². The number of benzene rings is 1. The van der Waals surface area contributed by atoms with E-state index in [2.05, 4.69) is 15.5 Å². The summed E-state index contributed by atoms with van der Waals surface area (Å²) in [6.07, 6.45) is 3.78. The van der Waals surface area contributed by atoms with Crippen molar-refractivity contribution in [3.05, 3.63) is 72.3 Å². The van der Waals surface area contributed by atoms with Gasteiger partial charge in [-0.15, -0.1) is 0 Å². The number of nitrogens with zero attached hydrogens (tertiary/aromatic N) is 3. The molecule has 1 amide bonds. The number of hydrogen-bond donors (Lipinski definition) is 1. The minimum atomic E-state index is -0.327. The fraction of sp³-hybridized carbons (Fsp3) is 0.105. The normalized spacial score (nSPS) is 10.8. The summed E-state index contributed by atoms with van der Waals surface area (Å²) in [6, 6.07) is 14.7. The lowest BCUT2D eigenvalue weighted by atomic mass is 10.1. The van der Waals surface area contributed by atoms with E-state index in [0.29, 0.717) is 18.1 Å². The highest BCUT2D eigenvalue weighted by Crippen LogP contribution is 2.29. The van der Waals surface area contributed by atoms with Crippen LogP contribution >= 0.6 is 0 Å². The van der Waals surface area contributed by atoms with Gasteiger partial charge < -0.3 is 19.0 Å². The van der Waals surface area contributed by atoms with Crippen molar-refractivity contribution in [2.45, 2.75) is 6.54 Å². The fourth-order valence-corrected chi connectivity index (χ4v) is 2.69. The summed E-state index contributed by atoms with van der Waals surface area (Å²) < 4.78 is 12.5. The van der Waals surface area contributed by atoms with E-state index < -0.39 is 0 Å². The number of nitrogens with one attached hydrogen (secondary N) is 1. The number of rotatable bonds is 5. The molecule has 0 saturated heterocycles. The number of aromatic nitrogens is 3. The molecule has 0 fully saturated rings. The fourth-order valence-electron chi connectivity index (χ4n) is 2.69. The Morgan fingerprint density at radius 3 is 2.92 bits per heavy atom. The lowest BCUT2D eigenvalue weighted by molar-refractivity contribution is 0.0941. The van der Waals surface area contributed by atoms with Gasteiger partial charge >= 0.3 is 0 Å². The van der Waals surface area contributed by atoms with Crippen LogP contribution in [0.4, 0.5) is 0 Å². The van der Waals surface area contributed by atoms with Gasteiger partial charge in [0.2, 0.25) is 0 Å². The molecule has 3 heterocycles. The average Bonchev–Trinajstić information content (AvgIpc) is 3.33. The van der Waals surface area contributed by atoms with Gasteiger partial charge in [0.05, 0.1) is 24.9 Å². The van der Waals surface area contributed by atoms with Gasteiger partial charge in [0.15, 0.2) is 11.5 Å². The first-order valence-corrected chi connectivity index (χ1v) is 8.05. The van der Waals surface area contributed by atoms with Gasteiger partial charge in [0.1, 0.15) is 11.4 Å². The number of fused-ring (bicyclic) bond motifs is 1. The van der Waals surface area contributed by atoms with Gasteiger partial charge in [-0.25, -0.2) is 4.98 Å². The van der Waals surface area contributed by atoms with Crippen LogP contribution in [0.1, 0.15) is 16.2 Å². The molecule has 0 aliphatic heterocycles. The minimum Gasteiger partial charge on any atom is -0.496 e. The molecule has 7 nitrogen and oxygen atoms in total. The molecule has 4 aromatic rings. The highest BCUT2D eigenvalue weighted by atomic mass is 16.5. The number of methoxy groups -OCH3 is 1. The van der Waals surface area contributed by atoms with Crippen molar-refractivity contribution in [3.63, 3.8) is 0 Å². The third-order valence-corrected chi connectivity index (χ3v) is 3.96. The van der Waals surface area contributed by atoms with Gasteiger partial charge in [0, 0.05) is 18.5 Å². The monoisotopic (exact) mass is 348 g/mol. The van der Waals surface area contributed by atoms with E-state index in [-0.39, 0.29) is 11.6 Å². The summed E-state index contributed by atoms with van der Waals surface area (Å²) in [5.74, 6) is 0.799. The van der Waals surface area contributed by atoms with E-state index >= 15 is 0 Å². The maximum absolute atomic E-state index is 12.3. The molecular weight excluding hydrogens is 332 g/mol. The molecule has 0 saturated carbocycles. The van der Waals surface area contributed by atoms with Crippen molar-refractivity contribution < 1.29 is 14.1 Å². The number of carbonyl (C=O) groups excluding carboxylic acids is 1. The van der Waals surface area contributed by atoms with Gasteiger partial charge in [-0.1, -0.05) is 23.4 Å². The molecule has 3 aromatic heterocycles. The molecule has 0 spiro atoms. The molecule has 0 radical (unpaired) electrons. The Morgan fingerprint density at radius 2 is 2.08 bits per heavy atom. The Balaban J connectivity index is 1.48. The predicted molar refractivity (Wildman–Crippen MR) is 94.9 cm³/mol. The molecule has 0 bridgehead atoms. The Kier molecular flexibility index (Phi) is 4.10. The maximum Gasteiger partial charge on any atom is 0.273 e. The molecule has 0 atom stereocenters. The van der Waals surface area contributed by atoms with Crippen LogP contribution in [0.25, 0.3) is 17.0 Å². The van der Waals surface area contributed by atoms with Crippen LogP contribution in [0, 0.1) is 0 Å². The largest absolute Gasteiger partial charge is 0.496 e. The second-order valence-corrected chi connectivity index (χ2v) is 5.66. The summed E-state index contributed by atoms with van der Waals surface area (Å²) >= 11 is 0.